The lowest BCUT2D eigenvalue weighted by molar-refractivity contribution is -0.161. The number of carbonyl (C=O) groups excluding carboxylic acids is 4. The summed E-state index contributed by atoms with van der Waals surface area (Å²) < 4.78 is 68.5. The molecule has 3 N–H and O–H groups in total. The van der Waals surface area contributed by atoms with Crippen molar-refractivity contribution >= 4 is 39.5 Å². The predicted octanol–water partition coefficient (Wildman–Crippen LogP) is 22.0. The maximum atomic E-state index is 13.1. The topological polar surface area (TPSA) is 237 Å². The summed E-state index contributed by atoms with van der Waals surface area (Å²) >= 11 is 0. The molecule has 0 bridgehead atoms. The van der Waals surface area contributed by atoms with Crippen LogP contribution in [-0.4, -0.2) is 96.7 Å². The highest BCUT2D eigenvalue weighted by atomic mass is 31.2. The molecule has 17 nitrogen and oxygen atoms in total. The van der Waals surface area contributed by atoms with Crippen molar-refractivity contribution in [3.05, 3.63) is 97.2 Å². The van der Waals surface area contributed by atoms with Crippen LogP contribution in [0.15, 0.2) is 97.2 Å². The number of esters is 4. The van der Waals surface area contributed by atoms with Gasteiger partial charge in [0.25, 0.3) is 0 Å². The molecule has 0 radical (unpaired) electrons. The largest absolute Gasteiger partial charge is 0.472 e. The van der Waals surface area contributed by atoms with Gasteiger partial charge in [0.05, 0.1) is 26.4 Å². The molecule has 0 heterocycles. The molecule has 0 aliphatic rings. The Labute approximate surface area is 595 Å². The fourth-order valence-electron chi connectivity index (χ4n) is 10.2. The molecule has 0 aromatic heterocycles. The first-order valence-electron chi connectivity index (χ1n) is 38.5. The van der Waals surface area contributed by atoms with E-state index in [0.29, 0.717) is 25.7 Å². The molecule has 0 spiro atoms. The summed E-state index contributed by atoms with van der Waals surface area (Å²) in [5.74, 6) is -2.20. The molecule has 0 aliphatic heterocycles. The number of ether oxygens (including phenoxy) is 4. The Morgan fingerprint density at radius 2 is 0.531 bits per heavy atom. The van der Waals surface area contributed by atoms with Gasteiger partial charge in [0.1, 0.15) is 19.3 Å². The third-order valence-corrected chi connectivity index (χ3v) is 17.9. The molecule has 0 saturated heterocycles. The van der Waals surface area contributed by atoms with Crippen molar-refractivity contribution in [2.45, 2.75) is 341 Å². The number of phosphoric acid groups is 2. The maximum absolute atomic E-state index is 13.1. The highest BCUT2D eigenvalue weighted by Gasteiger charge is 2.30. The number of allylic oxidation sites excluding steroid dienone is 16. The zero-order valence-electron chi connectivity index (χ0n) is 61.7. The van der Waals surface area contributed by atoms with Crippen molar-refractivity contribution in [1.82, 2.24) is 0 Å². The van der Waals surface area contributed by atoms with Crippen LogP contribution in [0, 0.1) is 0 Å². The third-order valence-electron chi connectivity index (χ3n) is 16.0. The first kappa shape index (κ1) is 94.0. The molecule has 0 amide bonds. The van der Waals surface area contributed by atoms with E-state index >= 15 is 0 Å². The standard InChI is InChI=1S/C79H138O17P2/c1-5-9-13-17-21-25-29-32-35-36-39-41-45-48-52-56-60-64-77(82)89-69-74(95-78(83)65-61-57-53-49-43-28-24-20-16-12-8-4)71-93-97(85,86)91-67-73(80)68-92-98(87,88)94-72-75(96-79(84)66-62-58-54-50-46-42-38-34-31-27-23-19-15-11-7-3)70-90-76(81)63-59-55-51-47-44-40-37-33-30-26-22-18-14-10-6-2/h9-10,13-14,21-23,25-27,32-35,37-38,73-75,80H,5-8,11-12,15-20,24,28-31,36,39-72H2,1-4H3,(H,85,86)(H,87,88)/b13-9-,14-10-,25-21-,26-22-,27-23-,35-32-,37-33-,38-34-. The van der Waals surface area contributed by atoms with Crippen LogP contribution in [0.1, 0.15) is 323 Å². The lowest BCUT2D eigenvalue weighted by atomic mass is 10.1. The summed E-state index contributed by atoms with van der Waals surface area (Å²) in [7, 11) is -9.95. The van der Waals surface area contributed by atoms with Gasteiger partial charge >= 0.3 is 39.5 Å². The molecule has 0 rings (SSSR count). The number of carbonyl (C=O) groups is 4. The van der Waals surface area contributed by atoms with Gasteiger partial charge < -0.3 is 33.8 Å². The molecular weight excluding hydrogens is 1280 g/mol. The zero-order valence-corrected chi connectivity index (χ0v) is 63.5. The van der Waals surface area contributed by atoms with E-state index in [0.717, 1.165) is 186 Å². The smallest absolute Gasteiger partial charge is 0.462 e. The van der Waals surface area contributed by atoms with E-state index in [1.807, 2.05) is 0 Å². The summed E-state index contributed by atoms with van der Waals surface area (Å²) in [4.78, 5) is 72.8. The number of hydrogen-bond donors (Lipinski definition) is 3. The lowest BCUT2D eigenvalue weighted by Crippen LogP contribution is -2.30. The minimum atomic E-state index is -4.98. The molecule has 5 atom stereocenters. The average Bonchev–Trinajstić information content (AvgIpc) is 0.986. The quantitative estimate of drug-likeness (QED) is 0.0169. The summed E-state index contributed by atoms with van der Waals surface area (Å²) in [5, 5.41) is 10.6. The average molecular weight is 1420 g/mol. The van der Waals surface area contributed by atoms with Gasteiger partial charge in [0.2, 0.25) is 0 Å². The SMILES string of the molecule is CC/C=C\C/C=C\C/C=C\CCCCCCCCCC(=O)OCC(COP(=O)(O)OCC(O)COP(=O)(O)OCC(COC(=O)CCCCCCC/C=C\C/C=C\C/C=C\CC)OC(=O)CCCCCCC/C=C\C/C=C\CCCCC)OC(=O)CCCCCCCCCCCCC. The van der Waals surface area contributed by atoms with Crippen molar-refractivity contribution in [1.29, 1.82) is 0 Å². The first-order valence-corrected chi connectivity index (χ1v) is 41.5. The van der Waals surface area contributed by atoms with Gasteiger partial charge in [0, 0.05) is 25.7 Å². The molecule has 0 aromatic rings. The Balaban J connectivity index is 5.33. The minimum absolute atomic E-state index is 0.0755. The minimum Gasteiger partial charge on any atom is -0.462 e. The van der Waals surface area contributed by atoms with E-state index in [1.54, 1.807) is 0 Å². The van der Waals surface area contributed by atoms with Crippen LogP contribution in [0.25, 0.3) is 0 Å². The normalized spacial score (nSPS) is 14.5. The number of unbranched alkanes of at least 4 members (excludes halogenated alkanes) is 30. The van der Waals surface area contributed by atoms with E-state index in [4.69, 9.17) is 37.0 Å². The summed E-state index contributed by atoms with van der Waals surface area (Å²) in [6, 6.07) is 0. The van der Waals surface area contributed by atoms with Crippen molar-refractivity contribution in [2.24, 2.45) is 0 Å². The van der Waals surface area contributed by atoms with E-state index < -0.39 is 97.5 Å². The highest BCUT2D eigenvalue weighted by molar-refractivity contribution is 7.47. The van der Waals surface area contributed by atoms with Crippen LogP contribution in [0.5, 0.6) is 0 Å². The van der Waals surface area contributed by atoms with Gasteiger partial charge in [-0.1, -0.05) is 273 Å². The van der Waals surface area contributed by atoms with E-state index in [2.05, 4.69) is 125 Å². The Morgan fingerprint density at radius 3 is 0.837 bits per heavy atom. The molecule has 566 valence electrons. The predicted molar refractivity (Wildman–Crippen MR) is 399 cm³/mol. The molecule has 19 heteroatoms. The fraction of sp³-hybridized carbons (Fsp3) is 0.747. The summed E-state index contributed by atoms with van der Waals surface area (Å²) in [5.41, 5.74) is 0. The van der Waals surface area contributed by atoms with Crippen molar-refractivity contribution in [2.75, 3.05) is 39.6 Å². The van der Waals surface area contributed by atoms with Crippen LogP contribution >= 0.6 is 15.6 Å². The second kappa shape index (κ2) is 71.4. The van der Waals surface area contributed by atoms with Gasteiger partial charge in [-0.2, -0.15) is 0 Å². The van der Waals surface area contributed by atoms with Crippen molar-refractivity contribution < 1.29 is 80.2 Å². The molecule has 98 heavy (non-hydrogen) atoms. The fourth-order valence-corrected chi connectivity index (χ4v) is 11.8. The van der Waals surface area contributed by atoms with Gasteiger partial charge in [-0.15, -0.1) is 0 Å². The molecule has 0 fully saturated rings. The van der Waals surface area contributed by atoms with E-state index in [-0.39, 0.29) is 25.7 Å². The monoisotopic (exact) mass is 1420 g/mol. The van der Waals surface area contributed by atoms with Crippen LogP contribution in [0.3, 0.4) is 0 Å². The van der Waals surface area contributed by atoms with Gasteiger partial charge in [-0.3, -0.25) is 37.3 Å². The first-order chi connectivity index (χ1) is 47.7. The Morgan fingerprint density at radius 1 is 0.296 bits per heavy atom. The summed E-state index contributed by atoms with van der Waals surface area (Å²) in [6.45, 7) is 4.60. The zero-order chi connectivity index (χ0) is 71.8. The Hall–Kier alpha value is -4.02. The van der Waals surface area contributed by atoms with Gasteiger partial charge in [-0.05, 0) is 122 Å². The maximum Gasteiger partial charge on any atom is 0.472 e. The number of aliphatic hydroxyl groups excluding tert-OH is 1. The lowest BCUT2D eigenvalue weighted by Gasteiger charge is -2.21. The van der Waals surface area contributed by atoms with E-state index in [9.17, 15) is 43.2 Å². The van der Waals surface area contributed by atoms with Gasteiger partial charge in [-0.25, -0.2) is 9.13 Å². The molecular formula is C79H138O17P2. The number of phosphoric ester groups is 2. The van der Waals surface area contributed by atoms with Crippen molar-refractivity contribution in [3.63, 3.8) is 0 Å². The Bertz CT molecular complexity index is 2240. The van der Waals surface area contributed by atoms with Crippen LogP contribution in [0.4, 0.5) is 0 Å². The number of aliphatic hydroxyl groups is 1. The molecule has 0 aromatic carbocycles. The second-order valence-electron chi connectivity index (χ2n) is 25.5. The molecule has 0 saturated carbocycles. The van der Waals surface area contributed by atoms with Gasteiger partial charge in [0.15, 0.2) is 12.2 Å². The third kappa shape index (κ3) is 70.4. The highest BCUT2D eigenvalue weighted by Crippen LogP contribution is 2.45. The van der Waals surface area contributed by atoms with E-state index in [1.165, 1.54) is 57.8 Å². The second-order valence-corrected chi connectivity index (χ2v) is 28.4. The van der Waals surface area contributed by atoms with Crippen molar-refractivity contribution in [3.8, 4) is 0 Å². The number of rotatable bonds is 72. The van der Waals surface area contributed by atoms with Crippen LogP contribution < -0.4 is 0 Å². The van der Waals surface area contributed by atoms with Crippen LogP contribution in [-0.2, 0) is 65.4 Å². The molecule has 5 unspecified atom stereocenters. The van der Waals surface area contributed by atoms with Crippen LogP contribution in [0.2, 0.25) is 0 Å². The summed E-state index contributed by atoms with van der Waals surface area (Å²) in [6.07, 6.45) is 73.9. The number of hydrogen-bond acceptors (Lipinski definition) is 15. The molecule has 0 aliphatic carbocycles. The Kier molecular flexibility index (Phi) is 68.4.